The molecule has 0 saturated carbocycles. The summed E-state index contributed by atoms with van der Waals surface area (Å²) in [6.45, 7) is 4.86. The number of amides is 1. The maximum Gasteiger partial charge on any atom is 0.393 e. The lowest BCUT2D eigenvalue weighted by molar-refractivity contribution is -0.188. The molecule has 2 aliphatic rings. The average molecular weight is 383 g/mol. The Balaban J connectivity index is 1.39. The van der Waals surface area contributed by atoms with Crippen LogP contribution in [0.4, 0.5) is 13.2 Å². The molecule has 1 aromatic rings. The number of benzene rings is 1. The van der Waals surface area contributed by atoms with E-state index in [2.05, 4.69) is 21.9 Å². The average Bonchev–Trinajstić information content (AvgIpc) is 2.68. The Morgan fingerprint density at radius 2 is 1.67 bits per heavy atom. The summed E-state index contributed by atoms with van der Waals surface area (Å²) >= 11 is 0. The molecule has 1 amide bonds. The van der Waals surface area contributed by atoms with Gasteiger partial charge in [-0.3, -0.25) is 9.69 Å². The lowest BCUT2D eigenvalue weighted by Gasteiger charge is -2.37. The van der Waals surface area contributed by atoms with Crippen molar-refractivity contribution >= 4 is 5.91 Å². The predicted molar refractivity (Wildman–Crippen MR) is 98.4 cm³/mol. The number of likely N-dealkylation sites (tertiary alicyclic amines) is 1. The molecule has 2 aliphatic heterocycles. The van der Waals surface area contributed by atoms with Crippen LogP contribution in [-0.2, 0) is 11.2 Å². The van der Waals surface area contributed by atoms with Crippen molar-refractivity contribution in [3.63, 3.8) is 0 Å². The molecule has 1 atom stereocenters. The fraction of sp³-hybridized carbons (Fsp3) is 0.650. The van der Waals surface area contributed by atoms with E-state index in [0.717, 1.165) is 39.1 Å². The first-order valence-corrected chi connectivity index (χ1v) is 9.75. The monoisotopic (exact) mass is 383 g/mol. The van der Waals surface area contributed by atoms with Crippen molar-refractivity contribution in [1.29, 1.82) is 0 Å². The third-order valence-corrected chi connectivity index (χ3v) is 5.62. The first-order valence-electron chi connectivity index (χ1n) is 9.75. The first-order chi connectivity index (χ1) is 12.9. The van der Waals surface area contributed by atoms with Crippen molar-refractivity contribution in [3.05, 3.63) is 35.9 Å². The van der Waals surface area contributed by atoms with Gasteiger partial charge in [-0.1, -0.05) is 30.3 Å². The molecule has 7 heteroatoms. The van der Waals surface area contributed by atoms with E-state index in [4.69, 9.17) is 0 Å². The molecular formula is C20H28F3N3O. The minimum absolute atomic E-state index is 0.132. The summed E-state index contributed by atoms with van der Waals surface area (Å²) in [6.07, 6.45) is -2.63. The quantitative estimate of drug-likeness (QED) is 0.782. The van der Waals surface area contributed by atoms with Gasteiger partial charge in [0.1, 0.15) is 0 Å². The second kappa shape index (κ2) is 9.06. The number of piperidine rings is 1. The molecule has 1 unspecified atom stereocenters. The summed E-state index contributed by atoms with van der Waals surface area (Å²) in [5.41, 5.74) is 1.32. The molecule has 150 valence electrons. The molecule has 2 saturated heterocycles. The number of hydrogen-bond acceptors (Lipinski definition) is 3. The van der Waals surface area contributed by atoms with E-state index in [-0.39, 0.29) is 25.4 Å². The van der Waals surface area contributed by atoms with Crippen LogP contribution in [0.2, 0.25) is 0 Å². The topological polar surface area (TPSA) is 26.8 Å². The Morgan fingerprint density at radius 1 is 1.00 bits per heavy atom. The van der Waals surface area contributed by atoms with Gasteiger partial charge in [0.2, 0.25) is 5.91 Å². The standard InChI is InChI=1S/C20H28F3N3O/c21-20(22,23)18-7-4-9-26(15-18)19(27)16-25-13-11-24(12-14-25)10-8-17-5-2-1-3-6-17/h1-3,5-6,18H,4,7-16H2. The van der Waals surface area contributed by atoms with Gasteiger partial charge in [-0.15, -0.1) is 0 Å². The van der Waals surface area contributed by atoms with Gasteiger partial charge in [0.25, 0.3) is 0 Å². The van der Waals surface area contributed by atoms with Crippen LogP contribution in [0.25, 0.3) is 0 Å². The van der Waals surface area contributed by atoms with Gasteiger partial charge in [-0.05, 0) is 24.8 Å². The van der Waals surface area contributed by atoms with Crippen molar-refractivity contribution < 1.29 is 18.0 Å². The molecule has 0 N–H and O–H groups in total. The zero-order chi connectivity index (χ0) is 19.3. The molecular weight excluding hydrogens is 355 g/mol. The highest BCUT2D eigenvalue weighted by Crippen LogP contribution is 2.33. The van der Waals surface area contributed by atoms with E-state index in [1.165, 1.54) is 10.5 Å². The van der Waals surface area contributed by atoms with Crippen molar-refractivity contribution in [2.45, 2.75) is 25.4 Å². The zero-order valence-electron chi connectivity index (χ0n) is 15.6. The number of nitrogens with zero attached hydrogens (tertiary/aromatic N) is 3. The molecule has 1 aromatic carbocycles. The SMILES string of the molecule is O=C(CN1CCN(CCc2ccccc2)CC1)N1CCCC(C(F)(F)F)C1. The van der Waals surface area contributed by atoms with Gasteiger partial charge in [-0.2, -0.15) is 13.2 Å². The fourth-order valence-corrected chi connectivity index (χ4v) is 3.87. The second-order valence-electron chi connectivity index (χ2n) is 7.57. The number of hydrogen-bond donors (Lipinski definition) is 0. The van der Waals surface area contributed by atoms with Crippen molar-refractivity contribution in [2.24, 2.45) is 5.92 Å². The fourth-order valence-electron chi connectivity index (χ4n) is 3.87. The number of alkyl halides is 3. The van der Waals surface area contributed by atoms with Gasteiger partial charge in [-0.25, -0.2) is 0 Å². The molecule has 3 rings (SSSR count). The molecule has 0 radical (unpaired) electrons. The Kier molecular flexibility index (Phi) is 6.76. The van der Waals surface area contributed by atoms with Gasteiger partial charge < -0.3 is 9.80 Å². The zero-order valence-corrected chi connectivity index (χ0v) is 15.6. The van der Waals surface area contributed by atoms with E-state index in [1.807, 2.05) is 18.2 Å². The molecule has 2 fully saturated rings. The Bertz CT molecular complexity index is 600. The summed E-state index contributed by atoms with van der Waals surface area (Å²) in [7, 11) is 0. The van der Waals surface area contributed by atoms with Crippen LogP contribution in [0.3, 0.4) is 0 Å². The van der Waals surface area contributed by atoms with Crippen LogP contribution >= 0.6 is 0 Å². The molecule has 27 heavy (non-hydrogen) atoms. The molecule has 2 heterocycles. The molecule has 0 bridgehead atoms. The number of halogens is 3. The summed E-state index contributed by atoms with van der Waals surface area (Å²) in [4.78, 5) is 18.3. The van der Waals surface area contributed by atoms with Crippen LogP contribution in [0.15, 0.2) is 30.3 Å². The van der Waals surface area contributed by atoms with Gasteiger partial charge in [0, 0.05) is 45.8 Å². The molecule has 0 spiro atoms. The number of carbonyl (C=O) groups is 1. The minimum Gasteiger partial charge on any atom is -0.341 e. The Morgan fingerprint density at radius 3 is 2.33 bits per heavy atom. The Labute approximate surface area is 158 Å². The minimum atomic E-state index is -4.21. The van der Waals surface area contributed by atoms with Crippen LogP contribution in [0.1, 0.15) is 18.4 Å². The maximum absolute atomic E-state index is 12.9. The third kappa shape index (κ3) is 5.94. The second-order valence-corrected chi connectivity index (χ2v) is 7.57. The summed E-state index contributed by atoms with van der Waals surface area (Å²) in [5, 5.41) is 0. The van der Waals surface area contributed by atoms with Gasteiger partial charge >= 0.3 is 6.18 Å². The van der Waals surface area contributed by atoms with E-state index < -0.39 is 12.1 Å². The highest BCUT2D eigenvalue weighted by atomic mass is 19.4. The molecule has 0 aromatic heterocycles. The van der Waals surface area contributed by atoms with Crippen LogP contribution in [-0.4, -0.2) is 79.1 Å². The molecule has 0 aliphatic carbocycles. The first kappa shape index (κ1) is 20.1. The largest absolute Gasteiger partial charge is 0.393 e. The lowest BCUT2D eigenvalue weighted by Crippen LogP contribution is -2.52. The summed E-state index contributed by atoms with van der Waals surface area (Å²) in [5.74, 6) is -1.54. The normalized spacial score (nSPS) is 22.8. The number of rotatable bonds is 5. The lowest BCUT2D eigenvalue weighted by atomic mass is 9.97. The molecule has 4 nitrogen and oxygen atoms in total. The van der Waals surface area contributed by atoms with E-state index in [9.17, 15) is 18.0 Å². The third-order valence-electron chi connectivity index (χ3n) is 5.62. The van der Waals surface area contributed by atoms with E-state index in [0.29, 0.717) is 13.0 Å². The van der Waals surface area contributed by atoms with Gasteiger partial charge in [0.05, 0.1) is 12.5 Å². The number of piperazine rings is 1. The van der Waals surface area contributed by atoms with Crippen LogP contribution in [0.5, 0.6) is 0 Å². The van der Waals surface area contributed by atoms with Crippen molar-refractivity contribution in [1.82, 2.24) is 14.7 Å². The number of carbonyl (C=O) groups excluding carboxylic acids is 1. The maximum atomic E-state index is 12.9. The van der Waals surface area contributed by atoms with E-state index in [1.54, 1.807) is 0 Å². The van der Waals surface area contributed by atoms with Crippen LogP contribution < -0.4 is 0 Å². The highest BCUT2D eigenvalue weighted by Gasteiger charge is 2.42. The van der Waals surface area contributed by atoms with Crippen molar-refractivity contribution in [2.75, 3.05) is 52.4 Å². The van der Waals surface area contributed by atoms with E-state index >= 15 is 0 Å². The summed E-state index contributed by atoms with van der Waals surface area (Å²) in [6, 6.07) is 10.4. The highest BCUT2D eigenvalue weighted by molar-refractivity contribution is 5.78. The Hall–Kier alpha value is -1.60. The summed E-state index contributed by atoms with van der Waals surface area (Å²) < 4.78 is 38.8. The van der Waals surface area contributed by atoms with Crippen molar-refractivity contribution in [3.8, 4) is 0 Å². The smallest absolute Gasteiger partial charge is 0.341 e. The predicted octanol–water partition coefficient (Wildman–Crippen LogP) is 2.65. The van der Waals surface area contributed by atoms with Gasteiger partial charge in [0.15, 0.2) is 0 Å². The van der Waals surface area contributed by atoms with Crippen LogP contribution in [0, 0.1) is 5.92 Å².